The van der Waals surface area contributed by atoms with Crippen LogP contribution in [0.5, 0.6) is 11.5 Å². The summed E-state index contributed by atoms with van der Waals surface area (Å²) in [6, 6.07) is 5.80. The first kappa shape index (κ1) is 13.6. The van der Waals surface area contributed by atoms with Gasteiger partial charge in [-0.1, -0.05) is 13.3 Å². The molecule has 0 amide bonds. The molecule has 0 aromatic heterocycles. The number of nitrogens with two attached hydrogens (primary N) is 1. The Morgan fingerprint density at radius 2 is 1.94 bits per heavy atom. The van der Waals surface area contributed by atoms with Crippen LogP contribution in [0.25, 0.3) is 0 Å². The van der Waals surface area contributed by atoms with Crippen molar-refractivity contribution >= 4 is 5.69 Å². The predicted octanol–water partition coefficient (Wildman–Crippen LogP) is 2.10. The van der Waals surface area contributed by atoms with Crippen molar-refractivity contribution in [2.45, 2.75) is 13.3 Å². The molecule has 0 fully saturated rings. The highest BCUT2D eigenvalue weighted by molar-refractivity contribution is 5.54. The van der Waals surface area contributed by atoms with Crippen molar-refractivity contribution in [3.63, 3.8) is 0 Å². The Morgan fingerprint density at radius 1 is 1.24 bits per heavy atom. The average molecular weight is 238 g/mol. The molecule has 1 unspecified atom stereocenters. The van der Waals surface area contributed by atoms with Gasteiger partial charge in [0.1, 0.15) is 0 Å². The van der Waals surface area contributed by atoms with Gasteiger partial charge in [-0.2, -0.15) is 0 Å². The molecule has 0 aliphatic heterocycles. The van der Waals surface area contributed by atoms with E-state index in [9.17, 15) is 0 Å². The minimum Gasteiger partial charge on any atom is -0.493 e. The molecule has 0 saturated carbocycles. The maximum atomic E-state index is 5.66. The van der Waals surface area contributed by atoms with Crippen LogP contribution in [0.2, 0.25) is 0 Å². The zero-order valence-corrected chi connectivity index (χ0v) is 10.8. The van der Waals surface area contributed by atoms with E-state index in [0.717, 1.165) is 30.2 Å². The van der Waals surface area contributed by atoms with Gasteiger partial charge in [0.05, 0.1) is 14.2 Å². The number of hydrogen-bond donors (Lipinski definition) is 2. The lowest BCUT2D eigenvalue weighted by molar-refractivity contribution is 0.355. The Bertz CT molecular complexity index is 338. The third-order valence-electron chi connectivity index (χ3n) is 2.89. The van der Waals surface area contributed by atoms with Gasteiger partial charge in [0.25, 0.3) is 0 Å². The summed E-state index contributed by atoms with van der Waals surface area (Å²) in [7, 11) is 3.27. The molecule has 0 aliphatic carbocycles. The molecule has 1 aromatic carbocycles. The summed E-state index contributed by atoms with van der Waals surface area (Å²) >= 11 is 0. The Kier molecular flexibility index (Phi) is 5.63. The monoisotopic (exact) mass is 238 g/mol. The molecule has 17 heavy (non-hydrogen) atoms. The maximum absolute atomic E-state index is 5.66. The minimum atomic E-state index is 0.503. The second-order valence-corrected chi connectivity index (χ2v) is 3.96. The highest BCUT2D eigenvalue weighted by Gasteiger charge is 2.06. The van der Waals surface area contributed by atoms with Gasteiger partial charge in [-0.15, -0.1) is 0 Å². The van der Waals surface area contributed by atoms with E-state index in [4.69, 9.17) is 15.2 Å². The quantitative estimate of drug-likeness (QED) is 0.764. The van der Waals surface area contributed by atoms with Crippen molar-refractivity contribution in [1.82, 2.24) is 0 Å². The third kappa shape index (κ3) is 3.82. The highest BCUT2D eigenvalue weighted by atomic mass is 16.5. The van der Waals surface area contributed by atoms with Crippen LogP contribution in [0.4, 0.5) is 5.69 Å². The van der Waals surface area contributed by atoms with Gasteiger partial charge in [-0.05, 0) is 24.6 Å². The van der Waals surface area contributed by atoms with Crippen molar-refractivity contribution in [3.05, 3.63) is 18.2 Å². The molecule has 3 N–H and O–H groups in total. The van der Waals surface area contributed by atoms with Crippen molar-refractivity contribution < 1.29 is 9.47 Å². The van der Waals surface area contributed by atoms with E-state index in [1.165, 1.54) is 0 Å². The first-order valence-corrected chi connectivity index (χ1v) is 5.91. The topological polar surface area (TPSA) is 56.5 Å². The van der Waals surface area contributed by atoms with Crippen LogP contribution in [-0.4, -0.2) is 27.3 Å². The minimum absolute atomic E-state index is 0.503. The number of hydrogen-bond acceptors (Lipinski definition) is 4. The fourth-order valence-electron chi connectivity index (χ4n) is 1.60. The number of anilines is 1. The summed E-state index contributed by atoms with van der Waals surface area (Å²) in [4.78, 5) is 0. The molecule has 0 radical (unpaired) electrons. The van der Waals surface area contributed by atoms with E-state index >= 15 is 0 Å². The maximum Gasteiger partial charge on any atom is 0.162 e. The summed E-state index contributed by atoms with van der Waals surface area (Å²) in [6.45, 7) is 3.73. The normalized spacial score (nSPS) is 12.0. The number of rotatable bonds is 7. The van der Waals surface area contributed by atoms with Crippen LogP contribution < -0.4 is 20.5 Å². The first-order chi connectivity index (χ1) is 8.24. The van der Waals surface area contributed by atoms with E-state index in [1.807, 2.05) is 18.2 Å². The molecule has 0 heterocycles. The molecule has 1 rings (SSSR count). The Labute approximate surface area is 103 Å². The average Bonchev–Trinajstić information content (AvgIpc) is 2.39. The lowest BCUT2D eigenvalue weighted by Gasteiger charge is -2.15. The third-order valence-corrected chi connectivity index (χ3v) is 2.89. The summed E-state index contributed by atoms with van der Waals surface area (Å²) in [5, 5.41) is 3.36. The van der Waals surface area contributed by atoms with Gasteiger partial charge in [0, 0.05) is 18.3 Å². The van der Waals surface area contributed by atoms with Gasteiger partial charge >= 0.3 is 0 Å². The SMILES string of the molecule is CCC(CN)CNc1ccc(OC)c(OC)c1. The van der Waals surface area contributed by atoms with E-state index < -0.39 is 0 Å². The molecule has 1 atom stereocenters. The lowest BCUT2D eigenvalue weighted by atomic mass is 10.1. The van der Waals surface area contributed by atoms with Crippen molar-refractivity contribution in [2.75, 3.05) is 32.6 Å². The molecule has 0 saturated heterocycles. The Hall–Kier alpha value is -1.42. The molecule has 4 nitrogen and oxygen atoms in total. The van der Waals surface area contributed by atoms with E-state index in [1.54, 1.807) is 14.2 Å². The van der Waals surface area contributed by atoms with Gasteiger partial charge in [-0.25, -0.2) is 0 Å². The fourth-order valence-corrected chi connectivity index (χ4v) is 1.60. The Morgan fingerprint density at radius 3 is 2.47 bits per heavy atom. The fraction of sp³-hybridized carbons (Fsp3) is 0.538. The number of methoxy groups -OCH3 is 2. The lowest BCUT2D eigenvalue weighted by Crippen LogP contribution is -2.22. The standard InChI is InChI=1S/C13H22N2O2/c1-4-10(8-14)9-15-11-5-6-12(16-2)13(7-11)17-3/h5-7,10,15H,4,8-9,14H2,1-3H3. The van der Waals surface area contributed by atoms with Crippen LogP contribution in [0.15, 0.2) is 18.2 Å². The smallest absolute Gasteiger partial charge is 0.162 e. The summed E-state index contributed by atoms with van der Waals surface area (Å²) in [6.07, 6.45) is 1.08. The molecule has 96 valence electrons. The zero-order chi connectivity index (χ0) is 12.7. The summed E-state index contributed by atoms with van der Waals surface area (Å²) in [5.41, 5.74) is 6.69. The zero-order valence-electron chi connectivity index (χ0n) is 10.8. The van der Waals surface area contributed by atoms with E-state index in [2.05, 4.69) is 12.2 Å². The number of benzene rings is 1. The number of nitrogens with one attached hydrogen (secondary N) is 1. The van der Waals surface area contributed by atoms with Crippen LogP contribution in [0.3, 0.4) is 0 Å². The highest BCUT2D eigenvalue weighted by Crippen LogP contribution is 2.29. The molecule has 4 heteroatoms. The largest absolute Gasteiger partial charge is 0.493 e. The number of ether oxygens (including phenoxy) is 2. The van der Waals surface area contributed by atoms with Gasteiger partial charge in [0.2, 0.25) is 0 Å². The first-order valence-electron chi connectivity index (χ1n) is 5.91. The van der Waals surface area contributed by atoms with Crippen molar-refractivity contribution in [2.24, 2.45) is 11.7 Å². The Balaban J connectivity index is 2.66. The van der Waals surface area contributed by atoms with Crippen LogP contribution >= 0.6 is 0 Å². The molecule has 0 spiro atoms. The van der Waals surface area contributed by atoms with Crippen molar-refractivity contribution in [1.29, 1.82) is 0 Å². The van der Waals surface area contributed by atoms with Crippen LogP contribution in [-0.2, 0) is 0 Å². The second kappa shape index (κ2) is 7.01. The van der Waals surface area contributed by atoms with Gasteiger partial charge < -0.3 is 20.5 Å². The molecule has 0 aliphatic rings. The molecular formula is C13H22N2O2. The van der Waals surface area contributed by atoms with Crippen LogP contribution in [0, 0.1) is 5.92 Å². The molecule has 1 aromatic rings. The van der Waals surface area contributed by atoms with E-state index in [0.29, 0.717) is 12.5 Å². The van der Waals surface area contributed by atoms with Gasteiger partial charge in [0.15, 0.2) is 11.5 Å². The molecular weight excluding hydrogens is 216 g/mol. The van der Waals surface area contributed by atoms with Crippen molar-refractivity contribution in [3.8, 4) is 11.5 Å². The van der Waals surface area contributed by atoms with Crippen LogP contribution in [0.1, 0.15) is 13.3 Å². The summed E-state index contributed by atoms with van der Waals surface area (Å²) in [5.74, 6) is 1.98. The van der Waals surface area contributed by atoms with E-state index in [-0.39, 0.29) is 0 Å². The summed E-state index contributed by atoms with van der Waals surface area (Å²) < 4.78 is 10.4. The second-order valence-electron chi connectivity index (χ2n) is 3.96. The predicted molar refractivity (Wildman–Crippen MR) is 70.9 cm³/mol. The van der Waals surface area contributed by atoms with Gasteiger partial charge in [-0.3, -0.25) is 0 Å². The molecule has 0 bridgehead atoms.